The lowest BCUT2D eigenvalue weighted by Crippen LogP contribution is -2.43. The first-order valence-corrected chi connectivity index (χ1v) is 12.6. The molecule has 2 aromatic carbocycles. The SMILES string of the molecule is CCOc1ccc(NC(=O)CC2C(=O)N(CC)C(=S)N2Cc2c(NC(=O)c3ccccc3)on[n+]2C)cc1. The summed E-state index contributed by atoms with van der Waals surface area (Å²) in [6.07, 6.45) is -0.122. The molecule has 1 aliphatic heterocycles. The lowest BCUT2D eigenvalue weighted by molar-refractivity contribution is -0.746. The fourth-order valence-corrected chi connectivity index (χ4v) is 4.51. The zero-order valence-electron chi connectivity index (χ0n) is 21.3. The minimum absolute atomic E-state index is 0.0898. The zero-order chi connectivity index (χ0) is 27.2. The summed E-state index contributed by atoms with van der Waals surface area (Å²) in [5.41, 5.74) is 1.52. The zero-order valence-corrected chi connectivity index (χ0v) is 22.2. The highest BCUT2D eigenvalue weighted by Gasteiger charge is 2.44. The van der Waals surface area contributed by atoms with Crippen LogP contribution in [-0.4, -0.2) is 57.1 Å². The molecule has 0 radical (unpaired) electrons. The quantitative estimate of drug-likeness (QED) is 0.299. The van der Waals surface area contributed by atoms with E-state index in [1.165, 1.54) is 9.58 Å². The first kappa shape index (κ1) is 26.7. The minimum Gasteiger partial charge on any atom is -0.494 e. The van der Waals surface area contributed by atoms with Gasteiger partial charge in [-0.1, -0.05) is 18.2 Å². The highest BCUT2D eigenvalue weighted by molar-refractivity contribution is 7.80. The van der Waals surface area contributed by atoms with Crippen LogP contribution in [0.2, 0.25) is 0 Å². The van der Waals surface area contributed by atoms with Crippen molar-refractivity contribution in [1.82, 2.24) is 15.1 Å². The smallest absolute Gasteiger partial charge is 0.307 e. The van der Waals surface area contributed by atoms with E-state index in [0.717, 1.165) is 0 Å². The summed E-state index contributed by atoms with van der Waals surface area (Å²) in [5.74, 6) is -0.156. The summed E-state index contributed by atoms with van der Waals surface area (Å²) in [5, 5.41) is 9.76. The average Bonchev–Trinajstić information content (AvgIpc) is 3.36. The molecule has 0 saturated carbocycles. The van der Waals surface area contributed by atoms with Crippen LogP contribution in [0.15, 0.2) is 59.1 Å². The van der Waals surface area contributed by atoms with Crippen LogP contribution in [0, 0.1) is 0 Å². The van der Waals surface area contributed by atoms with E-state index < -0.39 is 6.04 Å². The number of hydrogen-bond acceptors (Lipinski definition) is 7. The number of aryl methyl sites for hydroxylation is 1. The molecule has 3 amide bonds. The van der Waals surface area contributed by atoms with Crippen LogP contribution in [0.5, 0.6) is 5.75 Å². The second-order valence-electron chi connectivity index (χ2n) is 8.51. The number of rotatable bonds is 10. The molecule has 4 rings (SSSR count). The van der Waals surface area contributed by atoms with Crippen LogP contribution < -0.4 is 20.1 Å². The van der Waals surface area contributed by atoms with E-state index in [1.54, 1.807) is 60.5 Å². The molecule has 198 valence electrons. The summed E-state index contributed by atoms with van der Waals surface area (Å²) in [4.78, 5) is 42.0. The van der Waals surface area contributed by atoms with Gasteiger partial charge in [0, 0.05) is 17.8 Å². The Kier molecular flexibility index (Phi) is 8.31. The standard InChI is InChI=1S/C26H28N6O5S/c1-4-31-25(35)20(15-22(33)27-18-11-13-19(14-12-18)36-5-2)32(26(31)38)16-21-24(37-29-30(21)3)28-23(34)17-9-7-6-8-10-17/h6-14,20H,4-5,15-16H2,1-3H3,(H-,27,28,29,33,34)/p+1. The maximum atomic E-state index is 13.2. The van der Waals surface area contributed by atoms with Crippen LogP contribution in [0.3, 0.4) is 0 Å². The van der Waals surface area contributed by atoms with E-state index in [0.29, 0.717) is 35.8 Å². The molecule has 2 N–H and O–H groups in total. The van der Waals surface area contributed by atoms with Gasteiger partial charge in [0.05, 0.1) is 13.0 Å². The Labute approximate surface area is 225 Å². The number of nitrogens with one attached hydrogen (secondary N) is 2. The van der Waals surface area contributed by atoms with Gasteiger partial charge in [-0.2, -0.15) is 0 Å². The summed E-state index contributed by atoms with van der Waals surface area (Å²) in [6.45, 7) is 4.70. The molecule has 0 bridgehead atoms. The number of carbonyl (C=O) groups excluding carboxylic acids is 3. The Hall–Kier alpha value is -4.32. The fraction of sp³-hybridized carbons (Fsp3) is 0.308. The van der Waals surface area contributed by atoms with E-state index in [-0.39, 0.29) is 41.7 Å². The van der Waals surface area contributed by atoms with Crippen molar-refractivity contribution in [3.05, 3.63) is 65.9 Å². The third kappa shape index (κ3) is 5.80. The molecule has 38 heavy (non-hydrogen) atoms. The van der Waals surface area contributed by atoms with Crippen molar-refractivity contribution in [3.8, 4) is 5.75 Å². The molecule has 1 saturated heterocycles. The average molecular weight is 538 g/mol. The largest absolute Gasteiger partial charge is 0.494 e. The molecule has 1 fully saturated rings. The lowest BCUT2D eigenvalue weighted by Gasteiger charge is -2.21. The molecule has 11 nitrogen and oxygen atoms in total. The first-order valence-electron chi connectivity index (χ1n) is 12.2. The predicted molar refractivity (Wildman–Crippen MR) is 142 cm³/mol. The first-order chi connectivity index (χ1) is 18.3. The summed E-state index contributed by atoms with van der Waals surface area (Å²) >= 11 is 5.60. The van der Waals surface area contributed by atoms with Gasteiger partial charge in [0.25, 0.3) is 17.5 Å². The van der Waals surface area contributed by atoms with E-state index in [2.05, 4.69) is 15.9 Å². The molecule has 1 aromatic heterocycles. The Morgan fingerprint density at radius 2 is 1.82 bits per heavy atom. The van der Waals surface area contributed by atoms with Crippen LogP contribution in [0.25, 0.3) is 0 Å². The molecule has 2 heterocycles. The van der Waals surface area contributed by atoms with E-state index in [4.69, 9.17) is 21.5 Å². The number of ether oxygens (including phenoxy) is 1. The summed E-state index contributed by atoms with van der Waals surface area (Å²) < 4.78 is 12.2. The molecule has 1 atom stereocenters. The second-order valence-corrected chi connectivity index (χ2v) is 8.88. The van der Waals surface area contributed by atoms with Crippen molar-refractivity contribution in [2.24, 2.45) is 7.05 Å². The lowest BCUT2D eigenvalue weighted by atomic mass is 10.1. The number of amides is 3. The van der Waals surface area contributed by atoms with E-state index in [9.17, 15) is 14.4 Å². The minimum atomic E-state index is -0.835. The normalized spacial score (nSPS) is 15.1. The molecule has 1 unspecified atom stereocenters. The number of anilines is 2. The Bertz CT molecular complexity index is 1330. The van der Waals surface area contributed by atoms with Crippen molar-refractivity contribution in [2.75, 3.05) is 23.8 Å². The highest BCUT2D eigenvalue weighted by Crippen LogP contribution is 2.25. The van der Waals surface area contributed by atoms with Crippen LogP contribution in [-0.2, 0) is 23.2 Å². The molecular weight excluding hydrogens is 508 g/mol. The number of aromatic nitrogens is 2. The van der Waals surface area contributed by atoms with E-state index in [1.807, 2.05) is 19.9 Å². The number of hydrogen-bond donors (Lipinski definition) is 2. The van der Waals surface area contributed by atoms with Crippen molar-refractivity contribution in [2.45, 2.75) is 32.9 Å². The van der Waals surface area contributed by atoms with Crippen molar-refractivity contribution in [1.29, 1.82) is 0 Å². The van der Waals surface area contributed by atoms with Crippen molar-refractivity contribution < 1.29 is 28.3 Å². The van der Waals surface area contributed by atoms with Gasteiger partial charge >= 0.3 is 5.88 Å². The topological polar surface area (TPSA) is 121 Å². The maximum absolute atomic E-state index is 13.2. The number of nitrogens with zero attached hydrogens (tertiary/aromatic N) is 4. The van der Waals surface area contributed by atoms with Gasteiger partial charge < -0.3 is 15.0 Å². The van der Waals surface area contributed by atoms with Gasteiger partial charge in [0.1, 0.15) is 18.3 Å². The van der Waals surface area contributed by atoms with Crippen LogP contribution in [0.1, 0.15) is 36.3 Å². The Morgan fingerprint density at radius 1 is 1.11 bits per heavy atom. The molecule has 1 aliphatic rings. The second kappa shape index (κ2) is 11.8. The molecule has 3 aromatic rings. The molecule has 12 heteroatoms. The summed E-state index contributed by atoms with van der Waals surface area (Å²) in [6, 6.07) is 14.8. The molecule has 0 aliphatic carbocycles. The third-order valence-corrected chi connectivity index (χ3v) is 6.49. The van der Waals surface area contributed by atoms with Gasteiger partial charge in [-0.15, -0.1) is 0 Å². The van der Waals surface area contributed by atoms with Gasteiger partial charge in [-0.05, 0) is 67.1 Å². The molecular formula is C26H29N6O5S+. The predicted octanol–water partition coefficient (Wildman–Crippen LogP) is 2.50. The van der Waals surface area contributed by atoms with Gasteiger partial charge in [-0.3, -0.25) is 29.1 Å². The van der Waals surface area contributed by atoms with Crippen molar-refractivity contribution in [3.63, 3.8) is 0 Å². The number of carbonyl (C=O) groups is 3. The molecule has 0 spiro atoms. The van der Waals surface area contributed by atoms with Crippen LogP contribution in [0.4, 0.5) is 11.6 Å². The van der Waals surface area contributed by atoms with Gasteiger partial charge in [-0.25, -0.2) is 0 Å². The number of benzene rings is 2. The number of thiocarbonyl (C=S) groups is 1. The fourth-order valence-electron chi connectivity index (χ4n) is 4.10. The van der Waals surface area contributed by atoms with Crippen LogP contribution >= 0.6 is 12.2 Å². The number of likely N-dealkylation sites (N-methyl/N-ethyl adjacent to an activating group) is 1. The monoisotopic (exact) mass is 537 g/mol. The Balaban J connectivity index is 1.51. The van der Waals surface area contributed by atoms with Crippen molar-refractivity contribution >= 4 is 46.6 Å². The summed E-state index contributed by atoms with van der Waals surface area (Å²) in [7, 11) is 1.66. The maximum Gasteiger partial charge on any atom is 0.307 e. The van der Waals surface area contributed by atoms with Gasteiger partial charge in [0.2, 0.25) is 11.2 Å². The highest BCUT2D eigenvalue weighted by atomic mass is 32.1. The Morgan fingerprint density at radius 3 is 2.47 bits per heavy atom. The van der Waals surface area contributed by atoms with Gasteiger partial charge in [0.15, 0.2) is 12.2 Å². The third-order valence-electron chi connectivity index (χ3n) is 6.04. The van der Waals surface area contributed by atoms with E-state index >= 15 is 0 Å².